The van der Waals surface area contributed by atoms with Gasteiger partial charge in [-0.15, -0.1) is 0 Å². The summed E-state index contributed by atoms with van der Waals surface area (Å²) in [6, 6.07) is 9.87. The fourth-order valence-electron chi connectivity index (χ4n) is 1.66. The molecule has 2 aromatic carbocycles. The molecule has 0 aliphatic rings. The maximum atomic E-state index is 13.9. The summed E-state index contributed by atoms with van der Waals surface area (Å²) in [7, 11) is 0. The molecule has 0 radical (unpaired) electrons. The molecule has 0 saturated carbocycles. The monoisotopic (exact) mass is 341 g/mol. The van der Waals surface area contributed by atoms with Crippen molar-refractivity contribution in [2.45, 2.75) is 6.42 Å². The molecular weight excluding hydrogens is 333 g/mol. The number of hydrogen-bond acceptors (Lipinski definition) is 2. The number of ketones is 1. The molecule has 0 bridgehead atoms. The van der Waals surface area contributed by atoms with Crippen LogP contribution < -0.4 is 5.73 Å². The van der Waals surface area contributed by atoms with Crippen LogP contribution in [0, 0.1) is 5.82 Å². The van der Waals surface area contributed by atoms with Crippen LogP contribution in [-0.4, -0.2) is 5.78 Å². The Morgan fingerprint density at radius 1 is 1.21 bits per heavy atom. The minimum Gasteiger partial charge on any atom is -0.399 e. The first kappa shape index (κ1) is 14.0. The molecular formula is C14H10BrClFNO. The van der Waals surface area contributed by atoms with E-state index in [0.717, 1.165) is 5.56 Å². The molecule has 0 unspecified atom stereocenters. The van der Waals surface area contributed by atoms with E-state index < -0.39 is 5.82 Å². The summed E-state index contributed by atoms with van der Waals surface area (Å²) < 4.78 is 14.3. The molecule has 0 aromatic heterocycles. The molecule has 0 spiro atoms. The Kier molecular flexibility index (Phi) is 4.22. The molecule has 98 valence electrons. The van der Waals surface area contributed by atoms with Gasteiger partial charge >= 0.3 is 0 Å². The summed E-state index contributed by atoms with van der Waals surface area (Å²) in [6.45, 7) is 0. The Hall–Kier alpha value is -1.39. The Morgan fingerprint density at radius 2 is 1.84 bits per heavy atom. The maximum Gasteiger partial charge on any atom is 0.170 e. The topological polar surface area (TPSA) is 43.1 Å². The number of Topliss-reactive ketones (excluding diaryl/α,β-unsaturated/α-hetero) is 1. The number of nitrogens with two attached hydrogens (primary N) is 1. The van der Waals surface area contributed by atoms with E-state index in [1.54, 1.807) is 30.3 Å². The van der Waals surface area contributed by atoms with Gasteiger partial charge in [-0.25, -0.2) is 4.39 Å². The van der Waals surface area contributed by atoms with E-state index in [0.29, 0.717) is 10.2 Å². The average Bonchev–Trinajstić information content (AvgIpc) is 2.39. The van der Waals surface area contributed by atoms with E-state index in [2.05, 4.69) is 15.9 Å². The maximum absolute atomic E-state index is 13.9. The second-order valence-electron chi connectivity index (χ2n) is 4.06. The number of halogens is 3. The first-order valence-corrected chi connectivity index (χ1v) is 6.67. The standard InChI is InChI=1S/C14H10BrClFNO/c15-11-6-5-10(14(17)13(11)16)12(19)7-8-1-3-9(18)4-2-8/h1-6H,7,18H2. The van der Waals surface area contributed by atoms with Gasteiger partial charge < -0.3 is 5.73 Å². The Morgan fingerprint density at radius 3 is 2.47 bits per heavy atom. The number of carbonyl (C=O) groups excluding carboxylic acids is 1. The van der Waals surface area contributed by atoms with Gasteiger partial charge in [-0.2, -0.15) is 0 Å². The van der Waals surface area contributed by atoms with E-state index >= 15 is 0 Å². The molecule has 0 fully saturated rings. The van der Waals surface area contributed by atoms with Gasteiger partial charge in [0, 0.05) is 16.6 Å². The molecule has 2 nitrogen and oxygen atoms in total. The zero-order valence-corrected chi connectivity index (χ0v) is 12.1. The zero-order valence-electron chi connectivity index (χ0n) is 9.79. The van der Waals surface area contributed by atoms with Gasteiger partial charge in [-0.1, -0.05) is 23.7 Å². The molecule has 2 rings (SSSR count). The summed E-state index contributed by atoms with van der Waals surface area (Å²) in [5.41, 5.74) is 6.95. The quantitative estimate of drug-likeness (QED) is 0.515. The minimum atomic E-state index is -0.698. The van der Waals surface area contributed by atoms with Crippen LogP contribution in [0.4, 0.5) is 10.1 Å². The molecule has 0 aliphatic heterocycles. The molecule has 0 atom stereocenters. The van der Waals surface area contributed by atoms with Crippen LogP contribution in [0.5, 0.6) is 0 Å². The van der Waals surface area contributed by atoms with Gasteiger partial charge in [0.1, 0.15) is 0 Å². The number of carbonyl (C=O) groups is 1. The van der Waals surface area contributed by atoms with Gasteiger partial charge in [-0.3, -0.25) is 4.79 Å². The highest BCUT2D eigenvalue weighted by molar-refractivity contribution is 9.10. The Balaban J connectivity index is 2.25. The minimum absolute atomic E-state index is 0.00924. The lowest BCUT2D eigenvalue weighted by atomic mass is 10.0. The SMILES string of the molecule is Nc1ccc(CC(=O)c2ccc(Br)c(Cl)c2F)cc1. The highest BCUT2D eigenvalue weighted by Crippen LogP contribution is 2.28. The third-order valence-electron chi connectivity index (χ3n) is 2.68. The lowest BCUT2D eigenvalue weighted by Crippen LogP contribution is -2.06. The van der Waals surface area contributed by atoms with Crippen molar-refractivity contribution in [1.82, 2.24) is 0 Å². The van der Waals surface area contributed by atoms with Crippen LogP contribution in [0.1, 0.15) is 15.9 Å². The van der Waals surface area contributed by atoms with Crippen molar-refractivity contribution in [3.8, 4) is 0 Å². The van der Waals surface area contributed by atoms with Gasteiger partial charge in [0.15, 0.2) is 11.6 Å². The second kappa shape index (κ2) is 5.72. The molecule has 0 saturated heterocycles. The predicted molar refractivity (Wildman–Crippen MR) is 78.0 cm³/mol. The molecule has 19 heavy (non-hydrogen) atoms. The average molecular weight is 343 g/mol. The van der Waals surface area contributed by atoms with Crippen LogP contribution in [-0.2, 0) is 6.42 Å². The van der Waals surface area contributed by atoms with Crippen LogP contribution in [0.3, 0.4) is 0 Å². The summed E-state index contributed by atoms with van der Waals surface area (Å²) in [5.74, 6) is -1.02. The van der Waals surface area contributed by atoms with Gasteiger partial charge in [0.2, 0.25) is 0 Å². The molecule has 2 N–H and O–H groups in total. The van der Waals surface area contributed by atoms with Crippen LogP contribution >= 0.6 is 27.5 Å². The van der Waals surface area contributed by atoms with Crippen molar-refractivity contribution in [1.29, 1.82) is 0 Å². The Bertz CT molecular complexity index is 628. The van der Waals surface area contributed by atoms with E-state index in [9.17, 15) is 9.18 Å². The Labute approximate surface area is 123 Å². The highest BCUT2D eigenvalue weighted by atomic mass is 79.9. The number of rotatable bonds is 3. The molecule has 2 aromatic rings. The third kappa shape index (κ3) is 3.14. The van der Waals surface area contributed by atoms with Crippen molar-refractivity contribution < 1.29 is 9.18 Å². The van der Waals surface area contributed by atoms with E-state index in [-0.39, 0.29) is 22.8 Å². The lowest BCUT2D eigenvalue weighted by molar-refractivity contribution is 0.0989. The number of anilines is 1. The van der Waals surface area contributed by atoms with Crippen LogP contribution in [0.25, 0.3) is 0 Å². The first-order valence-electron chi connectivity index (χ1n) is 5.50. The second-order valence-corrected chi connectivity index (χ2v) is 5.30. The van der Waals surface area contributed by atoms with E-state index in [4.69, 9.17) is 17.3 Å². The van der Waals surface area contributed by atoms with Crippen LogP contribution in [0.15, 0.2) is 40.9 Å². The zero-order chi connectivity index (χ0) is 14.0. The fraction of sp³-hybridized carbons (Fsp3) is 0.0714. The van der Waals surface area contributed by atoms with Crippen molar-refractivity contribution in [2.75, 3.05) is 5.73 Å². The van der Waals surface area contributed by atoms with Crippen LogP contribution in [0.2, 0.25) is 5.02 Å². The number of hydrogen-bond donors (Lipinski definition) is 1. The van der Waals surface area contributed by atoms with Crippen molar-refractivity contribution in [3.05, 3.63) is 62.8 Å². The summed E-state index contributed by atoms with van der Waals surface area (Å²) >= 11 is 8.87. The van der Waals surface area contributed by atoms with Crippen molar-refractivity contribution in [3.63, 3.8) is 0 Å². The normalized spacial score (nSPS) is 10.5. The van der Waals surface area contributed by atoms with Gasteiger partial charge in [-0.05, 0) is 45.8 Å². The summed E-state index contributed by atoms with van der Waals surface area (Å²) in [5, 5.41) is -0.0804. The van der Waals surface area contributed by atoms with Crippen molar-refractivity contribution >= 4 is 39.0 Å². The predicted octanol–water partition coefficient (Wildman–Crippen LogP) is 4.25. The first-order chi connectivity index (χ1) is 8.99. The third-order valence-corrected chi connectivity index (χ3v) is 3.94. The largest absolute Gasteiger partial charge is 0.399 e. The van der Waals surface area contributed by atoms with E-state index in [1.807, 2.05) is 0 Å². The molecule has 5 heteroatoms. The molecule has 0 heterocycles. The molecule has 0 amide bonds. The van der Waals surface area contributed by atoms with Crippen molar-refractivity contribution in [2.24, 2.45) is 0 Å². The van der Waals surface area contributed by atoms with Gasteiger partial charge in [0.25, 0.3) is 0 Å². The highest BCUT2D eigenvalue weighted by Gasteiger charge is 2.16. The van der Waals surface area contributed by atoms with Gasteiger partial charge in [0.05, 0.1) is 10.6 Å². The lowest BCUT2D eigenvalue weighted by Gasteiger charge is -2.06. The summed E-state index contributed by atoms with van der Waals surface area (Å²) in [6.07, 6.45) is 0.106. The summed E-state index contributed by atoms with van der Waals surface area (Å²) in [4.78, 5) is 12.0. The fourth-order valence-corrected chi connectivity index (χ4v) is 2.13. The molecule has 0 aliphatic carbocycles. The van der Waals surface area contributed by atoms with E-state index in [1.165, 1.54) is 6.07 Å². The number of nitrogen functional groups attached to an aromatic ring is 1. The smallest absolute Gasteiger partial charge is 0.170 e. The number of benzene rings is 2.